The van der Waals surface area contributed by atoms with E-state index in [1.165, 1.54) is 5.56 Å². The summed E-state index contributed by atoms with van der Waals surface area (Å²) in [5.74, 6) is 0.771. The van der Waals surface area contributed by atoms with Crippen molar-refractivity contribution in [2.75, 3.05) is 0 Å². The van der Waals surface area contributed by atoms with Gasteiger partial charge in [0.15, 0.2) is 5.78 Å². The predicted molar refractivity (Wildman–Crippen MR) is 63.0 cm³/mol. The van der Waals surface area contributed by atoms with Gasteiger partial charge >= 0.3 is 0 Å². The number of allylic oxidation sites excluding steroid dienone is 1. The van der Waals surface area contributed by atoms with Crippen LogP contribution in [0.4, 0.5) is 0 Å². The van der Waals surface area contributed by atoms with Gasteiger partial charge in [-0.15, -0.1) is 0 Å². The second kappa shape index (κ2) is 3.65. The molecule has 0 bridgehead atoms. The standard InChI is InChI=1S/C14H16O/c1-9(2)11-4-5-12-6-10(3)7-14(15)13(12)8-11/h4-5,8,10H,1,6-7H2,2-3H3. The fourth-order valence-corrected chi connectivity index (χ4v) is 2.15. The first-order chi connectivity index (χ1) is 7.08. The lowest BCUT2D eigenvalue weighted by Crippen LogP contribution is -2.17. The highest BCUT2D eigenvalue weighted by molar-refractivity contribution is 5.99. The highest BCUT2D eigenvalue weighted by Crippen LogP contribution is 2.27. The molecule has 0 saturated heterocycles. The van der Waals surface area contributed by atoms with E-state index >= 15 is 0 Å². The van der Waals surface area contributed by atoms with Gasteiger partial charge in [0.1, 0.15) is 0 Å². The van der Waals surface area contributed by atoms with Crippen molar-refractivity contribution in [1.82, 2.24) is 0 Å². The lowest BCUT2D eigenvalue weighted by molar-refractivity contribution is 0.0953. The van der Waals surface area contributed by atoms with E-state index in [0.717, 1.165) is 23.1 Å². The van der Waals surface area contributed by atoms with Crippen LogP contribution in [0.3, 0.4) is 0 Å². The molecule has 1 atom stereocenters. The number of fused-ring (bicyclic) bond motifs is 1. The number of ketones is 1. The normalized spacial score (nSPS) is 19.9. The van der Waals surface area contributed by atoms with Crippen LogP contribution in [0.5, 0.6) is 0 Å². The second-order valence-electron chi connectivity index (χ2n) is 4.59. The van der Waals surface area contributed by atoms with Crippen LogP contribution in [0.1, 0.15) is 41.8 Å². The zero-order valence-corrected chi connectivity index (χ0v) is 9.34. The quantitative estimate of drug-likeness (QED) is 0.678. The third kappa shape index (κ3) is 1.87. The summed E-state index contributed by atoms with van der Waals surface area (Å²) in [6.45, 7) is 8.01. The summed E-state index contributed by atoms with van der Waals surface area (Å²) in [4.78, 5) is 11.8. The number of rotatable bonds is 1. The molecule has 1 aromatic rings. The average Bonchev–Trinajstić information content (AvgIpc) is 2.16. The molecule has 2 rings (SSSR count). The lowest BCUT2D eigenvalue weighted by atomic mass is 9.83. The molecular formula is C14H16O. The molecule has 0 heterocycles. The summed E-state index contributed by atoms with van der Waals surface area (Å²) in [6, 6.07) is 6.13. The number of carbonyl (C=O) groups is 1. The fourth-order valence-electron chi connectivity index (χ4n) is 2.15. The summed E-state index contributed by atoms with van der Waals surface area (Å²) in [5, 5.41) is 0. The Hall–Kier alpha value is -1.37. The van der Waals surface area contributed by atoms with Crippen LogP contribution in [0.2, 0.25) is 0 Å². The maximum atomic E-state index is 11.8. The van der Waals surface area contributed by atoms with Gasteiger partial charge in [-0.2, -0.15) is 0 Å². The number of hydrogen-bond acceptors (Lipinski definition) is 1. The first-order valence-electron chi connectivity index (χ1n) is 5.40. The van der Waals surface area contributed by atoms with E-state index in [0.29, 0.717) is 12.3 Å². The van der Waals surface area contributed by atoms with E-state index in [1.807, 2.05) is 13.0 Å². The molecule has 1 unspecified atom stereocenters. The Kier molecular flexibility index (Phi) is 2.47. The van der Waals surface area contributed by atoms with E-state index in [-0.39, 0.29) is 5.78 Å². The molecular weight excluding hydrogens is 184 g/mol. The number of carbonyl (C=O) groups excluding carboxylic acids is 1. The first kappa shape index (κ1) is 10.2. The van der Waals surface area contributed by atoms with Crippen molar-refractivity contribution in [3.8, 4) is 0 Å². The van der Waals surface area contributed by atoms with E-state index in [9.17, 15) is 4.79 Å². The van der Waals surface area contributed by atoms with Crippen LogP contribution >= 0.6 is 0 Å². The van der Waals surface area contributed by atoms with Gasteiger partial charge in [-0.3, -0.25) is 4.79 Å². The molecule has 1 nitrogen and oxygen atoms in total. The summed E-state index contributed by atoms with van der Waals surface area (Å²) >= 11 is 0. The summed E-state index contributed by atoms with van der Waals surface area (Å²) < 4.78 is 0. The Morgan fingerprint density at radius 1 is 1.40 bits per heavy atom. The van der Waals surface area contributed by atoms with Crippen molar-refractivity contribution in [3.05, 3.63) is 41.5 Å². The summed E-state index contributed by atoms with van der Waals surface area (Å²) in [5.41, 5.74) is 4.21. The molecule has 0 saturated carbocycles. The highest BCUT2D eigenvalue weighted by Gasteiger charge is 2.22. The zero-order chi connectivity index (χ0) is 11.0. The third-order valence-corrected chi connectivity index (χ3v) is 3.01. The molecule has 15 heavy (non-hydrogen) atoms. The van der Waals surface area contributed by atoms with Crippen molar-refractivity contribution in [2.24, 2.45) is 5.92 Å². The number of hydrogen-bond donors (Lipinski definition) is 0. The largest absolute Gasteiger partial charge is 0.294 e. The third-order valence-electron chi connectivity index (χ3n) is 3.01. The van der Waals surface area contributed by atoms with Crippen molar-refractivity contribution in [1.29, 1.82) is 0 Å². The van der Waals surface area contributed by atoms with Crippen LogP contribution < -0.4 is 0 Å². The molecule has 1 aliphatic carbocycles. The summed E-state index contributed by atoms with van der Waals surface area (Å²) in [6.07, 6.45) is 1.71. The van der Waals surface area contributed by atoms with Gasteiger partial charge in [0.2, 0.25) is 0 Å². The summed E-state index contributed by atoms with van der Waals surface area (Å²) in [7, 11) is 0. The molecule has 0 amide bonds. The van der Waals surface area contributed by atoms with Crippen molar-refractivity contribution in [2.45, 2.75) is 26.7 Å². The minimum atomic E-state index is 0.284. The van der Waals surface area contributed by atoms with Crippen molar-refractivity contribution >= 4 is 11.4 Å². The van der Waals surface area contributed by atoms with Gasteiger partial charge < -0.3 is 0 Å². The molecule has 1 heteroatoms. The number of Topliss-reactive ketones (excluding diaryl/α,β-unsaturated/α-hetero) is 1. The molecule has 0 spiro atoms. The fraction of sp³-hybridized carbons (Fsp3) is 0.357. The van der Waals surface area contributed by atoms with Crippen LogP contribution in [0, 0.1) is 5.92 Å². The molecule has 0 aromatic heterocycles. The number of benzene rings is 1. The Morgan fingerprint density at radius 2 is 2.13 bits per heavy atom. The lowest BCUT2D eigenvalue weighted by Gasteiger charge is -2.20. The second-order valence-corrected chi connectivity index (χ2v) is 4.59. The SMILES string of the molecule is C=C(C)c1ccc2c(c1)C(=O)CC(C)C2. The molecule has 0 fully saturated rings. The van der Waals surface area contributed by atoms with E-state index in [4.69, 9.17) is 0 Å². The predicted octanol–water partition coefficient (Wildman–Crippen LogP) is 3.48. The molecule has 0 radical (unpaired) electrons. The van der Waals surface area contributed by atoms with Crippen molar-refractivity contribution in [3.63, 3.8) is 0 Å². The van der Waals surface area contributed by atoms with Gasteiger partial charge in [0.05, 0.1) is 0 Å². The van der Waals surface area contributed by atoms with Crippen molar-refractivity contribution < 1.29 is 4.79 Å². The van der Waals surface area contributed by atoms with Gasteiger partial charge in [-0.05, 0) is 36.5 Å². The molecule has 0 aliphatic heterocycles. The zero-order valence-electron chi connectivity index (χ0n) is 9.34. The van der Waals surface area contributed by atoms with Gasteiger partial charge in [0, 0.05) is 12.0 Å². The van der Waals surface area contributed by atoms with Crippen LogP contribution in [0.25, 0.3) is 5.57 Å². The Bertz CT molecular complexity index is 429. The monoisotopic (exact) mass is 200 g/mol. The molecule has 1 aromatic carbocycles. The van der Waals surface area contributed by atoms with Gasteiger partial charge in [-0.25, -0.2) is 0 Å². The van der Waals surface area contributed by atoms with E-state index < -0.39 is 0 Å². The van der Waals surface area contributed by atoms with Gasteiger partial charge in [-0.1, -0.05) is 31.2 Å². The highest BCUT2D eigenvalue weighted by atomic mass is 16.1. The van der Waals surface area contributed by atoms with Gasteiger partial charge in [0.25, 0.3) is 0 Å². The maximum absolute atomic E-state index is 11.8. The van der Waals surface area contributed by atoms with Crippen LogP contribution in [-0.2, 0) is 6.42 Å². The van der Waals surface area contributed by atoms with E-state index in [1.54, 1.807) is 0 Å². The molecule has 78 valence electrons. The Labute approximate surface area is 90.8 Å². The Balaban J connectivity index is 2.48. The minimum Gasteiger partial charge on any atom is -0.294 e. The minimum absolute atomic E-state index is 0.284. The first-order valence-corrected chi connectivity index (χ1v) is 5.40. The molecule has 0 N–H and O–H groups in total. The average molecular weight is 200 g/mol. The Morgan fingerprint density at radius 3 is 2.80 bits per heavy atom. The smallest absolute Gasteiger partial charge is 0.163 e. The van der Waals surface area contributed by atoms with E-state index in [2.05, 4.69) is 25.6 Å². The van der Waals surface area contributed by atoms with Crippen LogP contribution in [0.15, 0.2) is 24.8 Å². The topological polar surface area (TPSA) is 17.1 Å². The van der Waals surface area contributed by atoms with Crippen LogP contribution in [-0.4, -0.2) is 5.78 Å². The maximum Gasteiger partial charge on any atom is 0.163 e. The molecule has 1 aliphatic rings.